The van der Waals surface area contributed by atoms with E-state index in [1.54, 1.807) is 7.11 Å². The lowest BCUT2D eigenvalue weighted by Crippen LogP contribution is -2.49. The maximum absolute atomic E-state index is 9.16. The molecule has 1 aliphatic heterocycles. The molecule has 4 nitrogen and oxygen atoms in total. The van der Waals surface area contributed by atoms with Crippen molar-refractivity contribution in [2.45, 2.75) is 50.8 Å². The molecule has 1 rings (SSSR count). The van der Waals surface area contributed by atoms with Gasteiger partial charge in [-0.3, -0.25) is 0 Å². The van der Waals surface area contributed by atoms with Gasteiger partial charge in [-0.2, -0.15) is 0 Å². The fraction of sp³-hybridized carbons (Fsp3) is 1.00. The first kappa shape index (κ1) is 13.9. The zero-order valence-electron chi connectivity index (χ0n) is 10.8. The molecule has 16 heavy (non-hydrogen) atoms. The quantitative estimate of drug-likeness (QED) is 0.725. The molecule has 1 saturated heterocycles. The van der Waals surface area contributed by atoms with Gasteiger partial charge in [0, 0.05) is 31.8 Å². The van der Waals surface area contributed by atoms with Gasteiger partial charge in [-0.15, -0.1) is 0 Å². The Morgan fingerprint density at radius 2 is 2.06 bits per heavy atom. The first-order valence-electron chi connectivity index (χ1n) is 6.15. The Labute approximate surface area is 98.8 Å². The van der Waals surface area contributed by atoms with Crippen LogP contribution in [-0.4, -0.2) is 54.5 Å². The van der Waals surface area contributed by atoms with E-state index >= 15 is 0 Å². The minimum Gasteiger partial charge on any atom is -0.394 e. The van der Waals surface area contributed by atoms with Crippen LogP contribution in [0.5, 0.6) is 0 Å². The smallest absolute Gasteiger partial charge is 0.0609 e. The summed E-state index contributed by atoms with van der Waals surface area (Å²) in [6.45, 7) is 6.29. The molecule has 0 aromatic carbocycles. The van der Waals surface area contributed by atoms with E-state index in [0.29, 0.717) is 12.1 Å². The molecule has 0 aromatic rings. The molecule has 1 heterocycles. The van der Waals surface area contributed by atoms with Gasteiger partial charge < -0.3 is 20.5 Å². The van der Waals surface area contributed by atoms with Gasteiger partial charge in [-0.25, -0.2) is 0 Å². The van der Waals surface area contributed by atoms with Crippen molar-refractivity contribution in [1.29, 1.82) is 0 Å². The Morgan fingerprint density at radius 1 is 1.50 bits per heavy atom. The summed E-state index contributed by atoms with van der Waals surface area (Å²) < 4.78 is 5.35. The third-order valence-corrected chi connectivity index (χ3v) is 3.56. The molecule has 3 N–H and O–H groups in total. The maximum atomic E-state index is 9.16. The van der Waals surface area contributed by atoms with Crippen molar-refractivity contribution in [1.82, 2.24) is 4.90 Å². The lowest BCUT2D eigenvalue weighted by Gasteiger charge is -2.38. The van der Waals surface area contributed by atoms with Gasteiger partial charge in [0.25, 0.3) is 0 Å². The van der Waals surface area contributed by atoms with E-state index < -0.39 is 5.54 Å². The van der Waals surface area contributed by atoms with Crippen molar-refractivity contribution in [3.05, 3.63) is 0 Å². The molecule has 96 valence electrons. The number of aliphatic hydroxyl groups excluding tert-OH is 1. The topological polar surface area (TPSA) is 58.7 Å². The molecule has 0 aliphatic carbocycles. The van der Waals surface area contributed by atoms with E-state index in [4.69, 9.17) is 15.6 Å². The van der Waals surface area contributed by atoms with E-state index in [1.807, 2.05) is 6.92 Å². The van der Waals surface area contributed by atoms with E-state index in [1.165, 1.54) is 0 Å². The van der Waals surface area contributed by atoms with Crippen molar-refractivity contribution in [3.8, 4) is 0 Å². The fourth-order valence-electron chi connectivity index (χ4n) is 2.42. The predicted octanol–water partition coefficient (Wildman–Crippen LogP) is 0.586. The fourth-order valence-corrected chi connectivity index (χ4v) is 2.42. The largest absolute Gasteiger partial charge is 0.394 e. The molecule has 2 atom stereocenters. The van der Waals surface area contributed by atoms with Crippen LogP contribution in [0.3, 0.4) is 0 Å². The van der Waals surface area contributed by atoms with Crippen LogP contribution in [0, 0.1) is 0 Å². The number of nitrogens with two attached hydrogens (primary N) is 1. The lowest BCUT2D eigenvalue weighted by molar-refractivity contribution is 0.0235. The Balaban J connectivity index is 2.36. The summed E-state index contributed by atoms with van der Waals surface area (Å²) in [4.78, 5) is 2.44. The maximum Gasteiger partial charge on any atom is 0.0609 e. The van der Waals surface area contributed by atoms with Crippen LogP contribution in [0.2, 0.25) is 0 Å². The highest BCUT2D eigenvalue weighted by atomic mass is 16.5. The van der Waals surface area contributed by atoms with Gasteiger partial charge in [0.1, 0.15) is 0 Å². The van der Waals surface area contributed by atoms with Crippen molar-refractivity contribution in [2.75, 3.05) is 26.8 Å². The Hall–Kier alpha value is -0.160. The van der Waals surface area contributed by atoms with Crippen LogP contribution in [0.15, 0.2) is 0 Å². The Bertz CT molecular complexity index is 201. The molecule has 0 amide bonds. The van der Waals surface area contributed by atoms with Crippen LogP contribution in [0.25, 0.3) is 0 Å². The van der Waals surface area contributed by atoms with Crippen LogP contribution in [-0.2, 0) is 4.74 Å². The average Bonchev–Trinajstić information content (AvgIpc) is 2.28. The molecular formula is C12H26N2O2. The van der Waals surface area contributed by atoms with Gasteiger partial charge in [-0.1, -0.05) is 0 Å². The number of likely N-dealkylation sites (tertiary alicyclic amines) is 1. The third-order valence-electron chi connectivity index (χ3n) is 3.56. The predicted molar refractivity (Wildman–Crippen MR) is 65.4 cm³/mol. The number of rotatable bonds is 5. The molecular weight excluding hydrogens is 204 g/mol. The van der Waals surface area contributed by atoms with Crippen LogP contribution < -0.4 is 5.73 Å². The number of hydrogen-bond donors (Lipinski definition) is 2. The second-order valence-corrected chi connectivity index (χ2v) is 5.34. The molecule has 0 radical (unpaired) electrons. The summed E-state index contributed by atoms with van der Waals surface area (Å²) in [6, 6.07) is 0.431. The molecule has 0 aromatic heterocycles. The summed E-state index contributed by atoms with van der Waals surface area (Å²) in [5.74, 6) is 0. The highest BCUT2D eigenvalue weighted by Crippen LogP contribution is 2.19. The van der Waals surface area contributed by atoms with Gasteiger partial charge in [-0.05, 0) is 33.1 Å². The van der Waals surface area contributed by atoms with Crippen LogP contribution in [0.1, 0.15) is 33.1 Å². The highest BCUT2D eigenvalue weighted by molar-refractivity contribution is 4.85. The van der Waals surface area contributed by atoms with Crippen molar-refractivity contribution in [3.63, 3.8) is 0 Å². The number of hydrogen-bond acceptors (Lipinski definition) is 4. The standard InChI is InChI=1S/C12H26N2O2/c1-10(8-12(2,13)9-15)14-6-4-11(16-3)5-7-14/h10-11,15H,4-9,13H2,1-3H3. The molecule has 2 unspecified atom stereocenters. The average molecular weight is 230 g/mol. The molecule has 0 bridgehead atoms. The third kappa shape index (κ3) is 4.01. The monoisotopic (exact) mass is 230 g/mol. The molecule has 4 heteroatoms. The van der Waals surface area contributed by atoms with Crippen molar-refractivity contribution >= 4 is 0 Å². The van der Waals surface area contributed by atoms with E-state index in [0.717, 1.165) is 32.4 Å². The SMILES string of the molecule is COC1CCN(C(C)CC(C)(N)CO)CC1. The summed E-state index contributed by atoms with van der Waals surface area (Å²) in [7, 11) is 1.78. The van der Waals surface area contributed by atoms with Crippen LogP contribution >= 0.6 is 0 Å². The van der Waals surface area contributed by atoms with E-state index in [9.17, 15) is 0 Å². The summed E-state index contributed by atoms with van der Waals surface area (Å²) >= 11 is 0. The number of nitrogens with zero attached hydrogens (tertiary/aromatic N) is 1. The summed E-state index contributed by atoms with van der Waals surface area (Å²) in [5.41, 5.74) is 5.51. The Morgan fingerprint density at radius 3 is 2.50 bits per heavy atom. The van der Waals surface area contributed by atoms with E-state index in [-0.39, 0.29) is 6.61 Å². The summed E-state index contributed by atoms with van der Waals surface area (Å²) in [6.07, 6.45) is 3.45. The van der Waals surface area contributed by atoms with Gasteiger partial charge in [0.15, 0.2) is 0 Å². The number of methoxy groups -OCH3 is 1. The molecule has 1 aliphatic rings. The zero-order chi connectivity index (χ0) is 12.2. The molecule has 0 saturated carbocycles. The van der Waals surface area contributed by atoms with Gasteiger partial charge >= 0.3 is 0 Å². The first-order valence-corrected chi connectivity index (χ1v) is 6.15. The van der Waals surface area contributed by atoms with Gasteiger partial charge in [0.2, 0.25) is 0 Å². The van der Waals surface area contributed by atoms with Crippen LogP contribution in [0.4, 0.5) is 0 Å². The lowest BCUT2D eigenvalue weighted by atomic mass is 9.94. The normalized spacial score (nSPS) is 25.3. The molecule has 0 spiro atoms. The number of ether oxygens (including phenoxy) is 1. The minimum atomic E-state index is -0.461. The van der Waals surface area contributed by atoms with Gasteiger partial charge in [0.05, 0.1) is 12.7 Å². The number of aliphatic hydroxyl groups is 1. The number of piperidine rings is 1. The van der Waals surface area contributed by atoms with Crippen molar-refractivity contribution in [2.24, 2.45) is 5.73 Å². The van der Waals surface area contributed by atoms with Crippen molar-refractivity contribution < 1.29 is 9.84 Å². The zero-order valence-corrected chi connectivity index (χ0v) is 10.8. The van der Waals surface area contributed by atoms with E-state index in [2.05, 4.69) is 11.8 Å². The first-order chi connectivity index (χ1) is 7.48. The Kier molecular flexibility index (Phi) is 5.18. The molecule has 1 fully saturated rings. The highest BCUT2D eigenvalue weighted by Gasteiger charge is 2.27. The summed E-state index contributed by atoms with van der Waals surface area (Å²) in [5, 5.41) is 9.16. The second-order valence-electron chi connectivity index (χ2n) is 5.34. The second kappa shape index (κ2) is 5.96. The minimum absolute atomic E-state index is 0.0475.